The summed E-state index contributed by atoms with van der Waals surface area (Å²) in [6.45, 7) is 2.58. The van der Waals surface area contributed by atoms with Crippen molar-refractivity contribution in [3.8, 4) is 0 Å². The number of nitrogens with one attached hydrogen (secondary N) is 1. The Morgan fingerprint density at radius 1 is 1.29 bits per heavy atom. The topological polar surface area (TPSA) is 101 Å². The molecule has 134 valence electrons. The molecule has 3 atom stereocenters. The molecule has 1 heterocycles. The maximum Gasteiger partial charge on any atom is 0.223 e. The molecule has 1 aromatic rings. The predicted octanol–water partition coefficient (Wildman–Crippen LogP) is 0.843. The smallest absolute Gasteiger partial charge is 0.223 e. The lowest BCUT2D eigenvalue weighted by Gasteiger charge is -2.17. The van der Waals surface area contributed by atoms with E-state index in [1.807, 2.05) is 0 Å². The monoisotopic (exact) mass is 354 g/mol. The van der Waals surface area contributed by atoms with Gasteiger partial charge in [-0.1, -0.05) is 0 Å². The molecule has 1 saturated carbocycles. The van der Waals surface area contributed by atoms with Crippen LogP contribution in [0.2, 0.25) is 0 Å². The summed E-state index contributed by atoms with van der Waals surface area (Å²) in [4.78, 5) is 21.4. The fourth-order valence-electron chi connectivity index (χ4n) is 3.66. The van der Waals surface area contributed by atoms with Crippen molar-refractivity contribution < 1.29 is 9.90 Å². The molecule has 0 aromatic carbocycles. The van der Waals surface area contributed by atoms with E-state index < -0.39 is 6.10 Å². The Morgan fingerprint density at radius 3 is 2.75 bits per heavy atom. The molecule has 1 amide bonds. The Kier molecular flexibility index (Phi) is 6.54. The molecule has 6 nitrogen and oxygen atoms in total. The molecular weight excluding hydrogens is 328 g/mol. The van der Waals surface area contributed by atoms with Gasteiger partial charge in [0.15, 0.2) is 0 Å². The SMILES string of the molecule is Cc1nc(CCNC(=O)[C@H]2C[C@@H](N)[C@H](O)C2)nc2c1CCCC2.Cl. The molecule has 0 unspecified atom stereocenters. The van der Waals surface area contributed by atoms with Crippen molar-refractivity contribution in [3.63, 3.8) is 0 Å². The first-order valence-electron chi connectivity index (χ1n) is 8.61. The summed E-state index contributed by atoms with van der Waals surface area (Å²) in [5.74, 6) is 0.615. The highest BCUT2D eigenvalue weighted by molar-refractivity contribution is 5.85. The third-order valence-corrected chi connectivity index (χ3v) is 5.03. The van der Waals surface area contributed by atoms with Crippen molar-refractivity contribution in [1.82, 2.24) is 15.3 Å². The Bertz CT molecular complexity index is 586. The van der Waals surface area contributed by atoms with Crippen LogP contribution in [-0.2, 0) is 24.1 Å². The second-order valence-electron chi connectivity index (χ2n) is 6.80. The van der Waals surface area contributed by atoms with Gasteiger partial charge in [0, 0.05) is 36.3 Å². The first-order valence-corrected chi connectivity index (χ1v) is 8.61. The number of halogens is 1. The zero-order valence-corrected chi connectivity index (χ0v) is 14.9. The fraction of sp³-hybridized carbons (Fsp3) is 0.706. The Labute approximate surface area is 149 Å². The number of rotatable bonds is 4. The number of amides is 1. The maximum absolute atomic E-state index is 12.1. The van der Waals surface area contributed by atoms with Crippen LogP contribution in [0.1, 0.15) is 48.5 Å². The number of nitrogens with zero attached hydrogens (tertiary/aromatic N) is 2. The number of hydrogen-bond donors (Lipinski definition) is 3. The molecule has 3 rings (SSSR count). The third-order valence-electron chi connectivity index (χ3n) is 5.03. The molecule has 24 heavy (non-hydrogen) atoms. The van der Waals surface area contributed by atoms with E-state index >= 15 is 0 Å². The highest BCUT2D eigenvalue weighted by atomic mass is 35.5. The van der Waals surface area contributed by atoms with Gasteiger partial charge in [0.05, 0.1) is 6.10 Å². The minimum absolute atomic E-state index is 0. The first-order chi connectivity index (χ1) is 11.0. The minimum atomic E-state index is -0.558. The van der Waals surface area contributed by atoms with Crippen LogP contribution >= 0.6 is 12.4 Å². The highest BCUT2D eigenvalue weighted by Gasteiger charge is 2.34. The van der Waals surface area contributed by atoms with Crippen molar-refractivity contribution in [2.45, 2.75) is 64.0 Å². The molecule has 4 N–H and O–H groups in total. The van der Waals surface area contributed by atoms with Crippen LogP contribution in [0.4, 0.5) is 0 Å². The number of aliphatic hydroxyl groups excluding tert-OH is 1. The van der Waals surface area contributed by atoms with E-state index in [1.54, 1.807) is 0 Å². The summed E-state index contributed by atoms with van der Waals surface area (Å²) in [6, 6.07) is -0.280. The van der Waals surface area contributed by atoms with Crippen molar-refractivity contribution >= 4 is 18.3 Å². The van der Waals surface area contributed by atoms with Crippen LogP contribution in [0.3, 0.4) is 0 Å². The van der Waals surface area contributed by atoms with Crippen molar-refractivity contribution in [2.24, 2.45) is 11.7 Å². The molecule has 1 fully saturated rings. The molecule has 1 aromatic heterocycles. The van der Waals surface area contributed by atoms with E-state index in [0.717, 1.165) is 24.4 Å². The molecule has 2 aliphatic rings. The molecule has 0 radical (unpaired) electrons. The number of aliphatic hydroxyl groups is 1. The van der Waals surface area contributed by atoms with Gasteiger partial charge in [-0.05, 0) is 51.0 Å². The van der Waals surface area contributed by atoms with Gasteiger partial charge < -0.3 is 16.2 Å². The molecule has 2 aliphatic carbocycles. The summed E-state index contributed by atoms with van der Waals surface area (Å²) < 4.78 is 0. The van der Waals surface area contributed by atoms with Crippen LogP contribution in [0.25, 0.3) is 0 Å². The molecular formula is C17H27ClN4O2. The van der Waals surface area contributed by atoms with Gasteiger partial charge in [-0.15, -0.1) is 12.4 Å². The van der Waals surface area contributed by atoms with Gasteiger partial charge in [0.1, 0.15) is 5.82 Å². The number of aromatic nitrogens is 2. The Morgan fingerprint density at radius 2 is 2.04 bits per heavy atom. The minimum Gasteiger partial charge on any atom is -0.391 e. The lowest BCUT2D eigenvalue weighted by atomic mass is 9.95. The largest absolute Gasteiger partial charge is 0.391 e. The zero-order chi connectivity index (χ0) is 16.4. The molecule has 0 spiro atoms. The number of fused-ring (bicyclic) bond motifs is 1. The second kappa shape index (κ2) is 8.23. The number of nitrogens with two attached hydrogens (primary N) is 1. The van der Waals surface area contributed by atoms with E-state index in [-0.39, 0.29) is 30.3 Å². The molecule has 0 aliphatic heterocycles. The fourth-order valence-corrected chi connectivity index (χ4v) is 3.66. The lowest BCUT2D eigenvalue weighted by Crippen LogP contribution is -2.32. The molecule has 0 saturated heterocycles. The number of carbonyl (C=O) groups is 1. The molecule has 0 bridgehead atoms. The quantitative estimate of drug-likeness (QED) is 0.743. The van der Waals surface area contributed by atoms with Crippen LogP contribution in [-0.4, -0.2) is 39.7 Å². The average Bonchev–Trinajstić information content (AvgIpc) is 2.87. The predicted molar refractivity (Wildman–Crippen MR) is 94.1 cm³/mol. The summed E-state index contributed by atoms with van der Waals surface area (Å²) in [5, 5.41) is 12.6. The van der Waals surface area contributed by atoms with Crippen molar-refractivity contribution in [3.05, 3.63) is 22.8 Å². The van der Waals surface area contributed by atoms with Gasteiger partial charge in [-0.3, -0.25) is 4.79 Å². The van der Waals surface area contributed by atoms with E-state index in [9.17, 15) is 9.90 Å². The van der Waals surface area contributed by atoms with Gasteiger partial charge in [0.25, 0.3) is 0 Å². The summed E-state index contributed by atoms with van der Waals surface area (Å²) >= 11 is 0. The van der Waals surface area contributed by atoms with Gasteiger partial charge >= 0.3 is 0 Å². The second-order valence-corrected chi connectivity index (χ2v) is 6.80. The Balaban J connectivity index is 0.00000208. The number of aryl methyl sites for hydroxylation is 2. The normalized spacial score (nSPS) is 25.7. The van der Waals surface area contributed by atoms with E-state index in [4.69, 9.17) is 5.73 Å². The van der Waals surface area contributed by atoms with E-state index in [0.29, 0.717) is 25.8 Å². The van der Waals surface area contributed by atoms with Crippen molar-refractivity contribution in [1.29, 1.82) is 0 Å². The van der Waals surface area contributed by atoms with Gasteiger partial charge in [-0.2, -0.15) is 0 Å². The lowest BCUT2D eigenvalue weighted by molar-refractivity contribution is -0.125. The van der Waals surface area contributed by atoms with Crippen LogP contribution in [0.15, 0.2) is 0 Å². The van der Waals surface area contributed by atoms with E-state index in [2.05, 4.69) is 22.2 Å². The zero-order valence-electron chi connectivity index (χ0n) is 14.1. The summed E-state index contributed by atoms with van der Waals surface area (Å²) in [7, 11) is 0. The first kappa shape index (κ1) is 19.1. The Hall–Kier alpha value is -1.24. The summed E-state index contributed by atoms with van der Waals surface area (Å²) in [6.07, 6.45) is 5.64. The number of hydrogen-bond acceptors (Lipinski definition) is 5. The van der Waals surface area contributed by atoms with Gasteiger partial charge in [0.2, 0.25) is 5.91 Å². The highest BCUT2D eigenvalue weighted by Crippen LogP contribution is 2.25. The van der Waals surface area contributed by atoms with Crippen LogP contribution < -0.4 is 11.1 Å². The van der Waals surface area contributed by atoms with Crippen LogP contribution in [0.5, 0.6) is 0 Å². The van der Waals surface area contributed by atoms with Gasteiger partial charge in [-0.25, -0.2) is 9.97 Å². The number of carbonyl (C=O) groups excluding carboxylic acids is 1. The average molecular weight is 355 g/mol. The van der Waals surface area contributed by atoms with E-state index in [1.165, 1.54) is 24.1 Å². The van der Waals surface area contributed by atoms with Crippen LogP contribution in [0, 0.1) is 12.8 Å². The standard InChI is InChI=1S/C17H26N4O2.ClH/c1-10-12-4-2-3-5-14(12)21-16(20-10)6-7-19-17(23)11-8-13(18)15(22)9-11;/h11,13,15,22H,2-9,18H2,1H3,(H,19,23);1H/t11-,13+,15+;/m0./s1. The molecule has 7 heteroatoms. The maximum atomic E-state index is 12.1. The van der Waals surface area contributed by atoms with Crippen molar-refractivity contribution in [2.75, 3.05) is 6.54 Å². The summed E-state index contributed by atoms with van der Waals surface area (Å²) in [5.41, 5.74) is 9.35. The third kappa shape index (κ3) is 4.23.